The minimum absolute atomic E-state index is 0.893. The van der Waals surface area contributed by atoms with Crippen LogP contribution in [0.25, 0.3) is 0 Å². The van der Waals surface area contributed by atoms with Crippen molar-refractivity contribution in [2.45, 2.75) is 0 Å². The standard InChI is InChI=1S/C8H7F4NO2/c1-14-8-5(11)3(9)7(13-15-2)4(10)6(8)12/h13H,1-2H3. The van der Waals surface area contributed by atoms with E-state index in [1.54, 1.807) is 5.48 Å². The second-order valence-electron chi connectivity index (χ2n) is 2.47. The topological polar surface area (TPSA) is 30.5 Å². The minimum Gasteiger partial charge on any atom is -0.491 e. The lowest BCUT2D eigenvalue weighted by Gasteiger charge is -2.10. The van der Waals surface area contributed by atoms with Crippen molar-refractivity contribution in [3.05, 3.63) is 23.3 Å². The molecule has 1 rings (SSSR count). The van der Waals surface area contributed by atoms with Crippen molar-refractivity contribution >= 4 is 5.69 Å². The Bertz CT molecular complexity index is 354. The third-order valence-electron chi connectivity index (χ3n) is 1.63. The number of methoxy groups -OCH3 is 1. The van der Waals surface area contributed by atoms with Gasteiger partial charge in [-0.2, -0.15) is 8.78 Å². The number of halogens is 4. The normalized spacial score (nSPS) is 10.3. The second kappa shape index (κ2) is 4.35. The number of benzene rings is 1. The largest absolute Gasteiger partial charge is 0.491 e. The van der Waals surface area contributed by atoms with E-state index in [4.69, 9.17) is 0 Å². The molecule has 0 bridgehead atoms. The van der Waals surface area contributed by atoms with Crippen LogP contribution in [0.1, 0.15) is 0 Å². The van der Waals surface area contributed by atoms with E-state index in [1.165, 1.54) is 0 Å². The van der Waals surface area contributed by atoms with Crippen LogP contribution in [0.4, 0.5) is 23.2 Å². The molecule has 7 heteroatoms. The Balaban J connectivity index is 3.44. The Labute approximate surface area is 82.6 Å². The van der Waals surface area contributed by atoms with Crippen LogP contribution in [0.3, 0.4) is 0 Å². The van der Waals surface area contributed by atoms with Gasteiger partial charge >= 0.3 is 0 Å². The molecule has 1 N–H and O–H groups in total. The highest BCUT2D eigenvalue weighted by Crippen LogP contribution is 2.32. The molecule has 84 valence electrons. The maximum atomic E-state index is 13.1. The predicted molar refractivity (Wildman–Crippen MR) is 43.5 cm³/mol. The molecule has 15 heavy (non-hydrogen) atoms. The first-order valence-electron chi connectivity index (χ1n) is 3.73. The molecule has 0 spiro atoms. The van der Waals surface area contributed by atoms with Gasteiger partial charge in [0.25, 0.3) is 0 Å². The van der Waals surface area contributed by atoms with E-state index in [0.29, 0.717) is 0 Å². The highest BCUT2D eigenvalue weighted by molar-refractivity contribution is 5.50. The quantitative estimate of drug-likeness (QED) is 0.486. The Kier molecular flexibility index (Phi) is 3.35. The Morgan fingerprint density at radius 3 is 1.67 bits per heavy atom. The fourth-order valence-electron chi connectivity index (χ4n) is 0.982. The molecule has 0 aliphatic heterocycles. The van der Waals surface area contributed by atoms with E-state index < -0.39 is 34.7 Å². The van der Waals surface area contributed by atoms with E-state index in [9.17, 15) is 17.6 Å². The molecular weight excluding hydrogens is 218 g/mol. The second-order valence-corrected chi connectivity index (χ2v) is 2.47. The van der Waals surface area contributed by atoms with Gasteiger partial charge in [0.15, 0.2) is 17.4 Å². The van der Waals surface area contributed by atoms with Crippen molar-refractivity contribution in [2.24, 2.45) is 0 Å². The average Bonchev–Trinajstić information content (AvgIpc) is 2.23. The van der Waals surface area contributed by atoms with Gasteiger partial charge in [-0.3, -0.25) is 10.3 Å². The fraction of sp³-hybridized carbons (Fsp3) is 0.250. The van der Waals surface area contributed by atoms with Gasteiger partial charge in [-0.1, -0.05) is 0 Å². The Morgan fingerprint density at radius 1 is 0.867 bits per heavy atom. The van der Waals surface area contributed by atoms with Crippen LogP contribution >= 0.6 is 0 Å². The lowest BCUT2D eigenvalue weighted by atomic mass is 10.2. The van der Waals surface area contributed by atoms with Crippen molar-refractivity contribution in [2.75, 3.05) is 19.7 Å². The number of hydrogen-bond donors (Lipinski definition) is 1. The van der Waals surface area contributed by atoms with E-state index in [1.807, 2.05) is 0 Å². The van der Waals surface area contributed by atoms with E-state index in [2.05, 4.69) is 9.57 Å². The molecule has 0 saturated carbocycles. The number of anilines is 1. The van der Waals surface area contributed by atoms with Gasteiger partial charge in [0.05, 0.1) is 14.2 Å². The van der Waals surface area contributed by atoms with Crippen LogP contribution in [0.15, 0.2) is 0 Å². The molecule has 0 radical (unpaired) electrons. The monoisotopic (exact) mass is 225 g/mol. The molecule has 0 amide bonds. The first-order chi connectivity index (χ1) is 7.04. The fourth-order valence-corrected chi connectivity index (χ4v) is 0.982. The van der Waals surface area contributed by atoms with Crippen molar-refractivity contribution in [3.8, 4) is 5.75 Å². The zero-order chi connectivity index (χ0) is 11.6. The first kappa shape index (κ1) is 11.6. The summed E-state index contributed by atoms with van der Waals surface area (Å²) < 4.78 is 56.4. The van der Waals surface area contributed by atoms with Crippen LogP contribution in [0.5, 0.6) is 5.75 Å². The van der Waals surface area contributed by atoms with Gasteiger partial charge in [0.1, 0.15) is 5.69 Å². The summed E-state index contributed by atoms with van der Waals surface area (Å²) in [4.78, 5) is 4.17. The predicted octanol–water partition coefficient (Wildman–Crippen LogP) is 2.22. The lowest BCUT2D eigenvalue weighted by molar-refractivity contribution is 0.261. The molecule has 0 heterocycles. The van der Waals surface area contributed by atoms with Gasteiger partial charge in [0, 0.05) is 0 Å². The van der Waals surface area contributed by atoms with Gasteiger partial charge in [0.2, 0.25) is 11.6 Å². The molecule has 1 aromatic carbocycles. The van der Waals surface area contributed by atoms with E-state index in [-0.39, 0.29) is 0 Å². The molecule has 0 aromatic heterocycles. The van der Waals surface area contributed by atoms with Crippen molar-refractivity contribution in [1.29, 1.82) is 0 Å². The summed E-state index contributed by atoms with van der Waals surface area (Å²) in [6, 6.07) is 0. The smallest absolute Gasteiger partial charge is 0.206 e. The number of ether oxygens (including phenoxy) is 1. The van der Waals surface area contributed by atoms with Gasteiger partial charge < -0.3 is 4.74 Å². The third-order valence-corrected chi connectivity index (χ3v) is 1.63. The van der Waals surface area contributed by atoms with Crippen LogP contribution in [0, 0.1) is 23.3 Å². The molecule has 1 aromatic rings. The maximum Gasteiger partial charge on any atom is 0.206 e. The zero-order valence-corrected chi connectivity index (χ0v) is 7.83. The number of rotatable bonds is 3. The number of hydrogen-bond acceptors (Lipinski definition) is 3. The van der Waals surface area contributed by atoms with Crippen LogP contribution in [-0.2, 0) is 4.84 Å². The highest BCUT2D eigenvalue weighted by Gasteiger charge is 2.26. The zero-order valence-electron chi connectivity index (χ0n) is 7.83. The van der Waals surface area contributed by atoms with Gasteiger partial charge in [-0.05, 0) is 0 Å². The molecule has 3 nitrogen and oxygen atoms in total. The van der Waals surface area contributed by atoms with Gasteiger partial charge in [-0.15, -0.1) is 0 Å². The van der Waals surface area contributed by atoms with Gasteiger partial charge in [-0.25, -0.2) is 8.78 Å². The Morgan fingerprint density at radius 2 is 1.33 bits per heavy atom. The summed E-state index contributed by atoms with van der Waals surface area (Å²) in [5.41, 5.74) is 0.644. The van der Waals surface area contributed by atoms with E-state index >= 15 is 0 Å². The van der Waals surface area contributed by atoms with Crippen LogP contribution < -0.4 is 10.2 Å². The highest BCUT2D eigenvalue weighted by atomic mass is 19.2. The molecule has 0 fully saturated rings. The minimum atomic E-state index is -1.63. The average molecular weight is 225 g/mol. The lowest BCUT2D eigenvalue weighted by Crippen LogP contribution is -2.08. The number of nitrogens with one attached hydrogen (secondary N) is 1. The molecule has 0 atom stereocenters. The maximum absolute atomic E-state index is 13.1. The Hall–Kier alpha value is -1.50. The van der Waals surface area contributed by atoms with E-state index in [0.717, 1.165) is 14.2 Å². The van der Waals surface area contributed by atoms with Crippen molar-refractivity contribution < 1.29 is 27.1 Å². The molecular formula is C8H7F4NO2. The summed E-state index contributed by atoms with van der Waals surface area (Å²) in [5.74, 6) is -7.61. The third kappa shape index (κ3) is 1.82. The van der Waals surface area contributed by atoms with Crippen LogP contribution in [-0.4, -0.2) is 14.2 Å². The van der Waals surface area contributed by atoms with Crippen LogP contribution in [0.2, 0.25) is 0 Å². The summed E-state index contributed by atoms with van der Waals surface area (Å²) >= 11 is 0. The van der Waals surface area contributed by atoms with Crippen molar-refractivity contribution in [1.82, 2.24) is 0 Å². The summed E-state index contributed by atoms with van der Waals surface area (Å²) in [5, 5.41) is 0. The summed E-state index contributed by atoms with van der Waals surface area (Å²) in [7, 11) is 1.93. The van der Waals surface area contributed by atoms with Crippen molar-refractivity contribution in [3.63, 3.8) is 0 Å². The summed E-state index contributed by atoms with van der Waals surface area (Å²) in [6.07, 6.45) is 0. The molecule has 0 aliphatic rings. The summed E-state index contributed by atoms with van der Waals surface area (Å²) in [6.45, 7) is 0. The first-order valence-corrected chi connectivity index (χ1v) is 3.73. The molecule has 0 unspecified atom stereocenters. The molecule has 0 aliphatic carbocycles. The SMILES string of the molecule is CONc1c(F)c(F)c(OC)c(F)c1F. The molecule has 0 saturated heterocycles.